The summed E-state index contributed by atoms with van der Waals surface area (Å²) in [6.07, 6.45) is 0. The molecule has 0 aromatic heterocycles. The monoisotopic (exact) mass is 203 g/mol. The van der Waals surface area contributed by atoms with E-state index in [-0.39, 0.29) is 11.2 Å². The summed E-state index contributed by atoms with van der Waals surface area (Å²) in [5, 5.41) is 17.5. The molecule has 0 aromatic carbocycles. The summed E-state index contributed by atoms with van der Waals surface area (Å²) in [6, 6.07) is 0. The molecule has 0 unspecified atom stereocenters. The van der Waals surface area contributed by atoms with Gasteiger partial charge in [-0.2, -0.15) is 11.8 Å². The van der Waals surface area contributed by atoms with Crippen LogP contribution in [0.5, 0.6) is 0 Å². The van der Waals surface area contributed by atoms with Gasteiger partial charge in [0.1, 0.15) is 5.54 Å². The van der Waals surface area contributed by atoms with Crippen LogP contribution < -0.4 is 5.73 Å². The number of carboxylic acid groups (broad SMARTS) is 2. The fourth-order valence-corrected chi connectivity index (χ4v) is 3.74. The quantitative estimate of drug-likeness (QED) is 0.544. The Labute approximate surface area is 78.3 Å². The van der Waals surface area contributed by atoms with E-state index >= 15 is 0 Å². The average Bonchev–Trinajstić information content (AvgIpc) is 2.66. The Morgan fingerprint density at radius 2 is 2.08 bits per heavy atom. The van der Waals surface area contributed by atoms with Gasteiger partial charge >= 0.3 is 11.9 Å². The number of thioether (sulfide) groups is 1. The molecular formula is C7H9NO4S. The highest BCUT2D eigenvalue weighted by Crippen LogP contribution is 2.60. The van der Waals surface area contributed by atoms with E-state index in [4.69, 9.17) is 15.9 Å². The number of hydrogen-bond acceptors (Lipinski definition) is 4. The number of rotatable bonds is 2. The first-order valence-corrected chi connectivity index (χ1v) is 4.90. The Morgan fingerprint density at radius 3 is 2.46 bits per heavy atom. The average molecular weight is 203 g/mol. The maximum atomic E-state index is 10.8. The van der Waals surface area contributed by atoms with Crippen LogP contribution in [-0.4, -0.2) is 38.7 Å². The lowest BCUT2D eigenvalue weighted by molar-refractivity contribution is -0.144. The van der Waals surface area contributed by atoms with Crippen LogP contribution in [0.4, 0.5) is 0 Å². The molecule has 5 nitrogen and oxygen atoms in total. The highest BCUT2D eigenvalue weighted by molar-refractivity contribution is 8.00. The smallest absolute Gasteiger partial charge is 0.324 e. The molecule has 2 rings (SSSR count). The largest absolute Gasteiger partial charge is 0.481 e. The van der Waals surface area contributed by atoms with Crippen LogP contribution in [0.2, 0.25) is 0 Å². The van der Waals surface area contributed by atoms with Crippen molar-refractivity contribution >= 4 is 23.7 Å². The second-order valence-corrected chi connectivity index (χ2v) is 4.68. The predicted octanol–water partition coefficient (Wildman–Crippen LogP) is -0.786. The zero-order valence-electron chi connectivity index (χ0n) is 6.64. The molecule has 72 valence electrons. The van der Waals surface area contributed by atoms with Gasteiger partial charge in [0.05, 0.1) is 5.92 Å². The second-order valence-electron chi connectivity index (χ2n) is 3.51. The fourth-order valence-electron chi connectivity index (χ4n) is 1.93. The van der Waals surface area contributed by atoms with Crippen LogP contribution in [0.25, 0.3) is 0 Å². The zero-order valence-corrected chi connectivity index (χ0v) is 7.45. The predicted molar refractivity (Wildman–Crippen MR) is 45.4 cm³/mol. The third-order valence-corrected chi connectivity index (χ3v) is 4.36. The number of nitrogens with two attached hydrogens (primary N) is 1. The highest BCUT2D eigenvalue weighted by Gasteiger charge is 2.71. The Kier molecular flexibility index (Phi) is 1.62. The molecule has 0 spiro atoms. The number of fused-ring (bicyclic) bond motifs is 1. The summed E-state index contributed by atoms with van der Waals surface area (Å²) in [4.78, 5) is 21.4. The summed E-state index contributed by atoms with van der Waals surface area (Å²) in [7, 11) is 0. The van der Waals surface area contributed by atoms with E-state index in [9.17, 15) is 9.59 Å². The fraction of sp³-hybridized carbons (Fsp3) is 0.714. The summed E-state index contributed by atoms with van der Waals surface area (Å²) in [5.41, 5.74) is 4.31. The second kappa shape index (κ2) is 2.39. The first-order chi connectivity index (χ1) is 5.98. The summed E-state index contributed by atoms with van der Waals surface area (Å²) in [6.45, 7) is 0. The number of aliphatic carboxylic acids is 2. The van der Waals surface area contributed by atoms with Crippen molar-refractivity contribution in [1.29, 1.82) is 0 Å². The summed E-state index contributed by atoms with van der Waals surface area (Å²) in [5.74, 6) is -2.64. The van der Waals surface area contributed by atoms with Gasteiger partial charge in [-0.25, -0.2) is 0 Å². The minimum absolute atomic E-state index is 0.0846. The highest BCUT2D eigenvalue weighted by atomic mass is 32.2. The molecule has 6 heteroatoms. The van der Waals surface area contributed by atoms with E-state index < -0.39 is 23.4 Å². The van der Waals surface area contributed by atoms with Gasteiger partial charge in [0.15, 0.2) is 0 Å². The molecular weight excluding hydrogens is 194 g/mol. The van der Waals surface area contributed by atoms with E-state index in [2.05, 4.69) is 0 Å². The Morgan fingerprint density at radius 1 is 1.46 bits per heavy atom. The van der Waals surface area contributed by atoms with Crippen LogP contribution in [-0.2, 0) is 9.59 Å². The normalized spacial score (nSPS) is 47.0. The van der Waals surface area contributed by atoms with Crippen LogP contribution >= 0.6 is 11.8 Å². The van der Waals surface area contributed by atoms with Crippen LogP contribution in [0.15, 0.2) is 0 Å². The van der Waals surface area contributed by atoms with Crippen LogP contribution in [0, 0.1) is 11.8 Å². The number of carboxylic acids is 2. The first-order valence-electron chi connectivity index (χ1n) is 3.85. The Balaban J connectivity index is 2.20. The van der Waals surface area contributed by atoms with Crippen molar-refractivity contribution in [3.05, 3.63) is 0 Å². The standard InChI is InChI=1S/C7H9NO4S/c8-7(6(11)12)1-13-4-2(3(4)7)5(9)10/h2-4H,1,8H2,(H,9,10)(H,11,12)/t2-,3+,4-,7+/m0/s1. The topological polar surface area (TPSA) is 101 Å². The molecule has 1 aliphatic carbocycles. The minimum atomic E-state index is -1.32. The van der Waals surface area contributed by atoms with Gasteiger partial charge in [0, 0.05) is 16.9 Å². The number of carbonyl (C=O) groups is 2. The van der Waals surface area contributed by atoms with E-state index in [1.165, 1.54) is 11.8 Å². The maximum absolute atomic E-state index is 10.8. The van der Waals surface area contributed by atoms with E-state index in [0.29, 0.717) is 5.75 Å². The number of hydrogen-bond donors (Lipinski definition) is 3. The lowest BCUT2D eigenvalue weighted by Crippen LogP contribution is -2.51. The summed E-state index contributed by atoms with van der Waals surface area (Å²) < 4.78 is 0. The van der Waals surface area contributed by atoms with Gasteiger partial charge in [0.25, 0.3) is 0 Å². The van der Waals surface area contributed by atoms with E-state index in [1.54, 1.807) is 0 Å². The Bertz CT molecular complexity index is 294. The molecule has 1 aliphatic heterocycles. The van der Waals surface area contributed by atoms with Crippen molar-refractivity contribution in [3.63, 3.8) is 0 Å². The van der Waals surface area contributed by atoms with Crippen LogP contribution in [0.3, 0.4) is 0 Å². The van der Waals surface area contributed by atoms with Gasteiger partial charge in [-0.05, 0) is 0 Å². The van der Waals surface area contributed by atoms with Crippen molar-refractivity contribution in [3.8, 4) is 0 Å². The molecule has 1 saturated carbocycles. The summed E-state index contributed by atoms with van der Waals surface area (Å²) >= 11 is 1.36. The lowest BCUT2D eigenvalue weighted by Gasteiger charge is -2.20. The SMILES string of the molecule is N[C@]1(C(=O)O)CS[C@H]2[C@@H](C(=O)O)[C@H]21. The molecule has 13 heavy (non-hydrogen) atoms. The van der Waals surface area contributed by atoms with Gasteiger partial charge in [-0.15, -0.1) is 0 Å². The molecule has 0 bridgehead atoms. The minimum Gasteiger partial charge on any atom is -0.481 e. The van der Waals surface area contributed by atoms with Gasteiger partial charge < -0.3 is 15.9 Å². The molecule has 0 aromatic rings. The maximum Gasteiger partial charge on any atom is 0.324 e. The lowest BCUT2D eigenvalue weighted by atomic mass is 9.96. The van der Waals surface area contributed by atoms with Crippen molar-refractivity contribution in [2.24, 2.45) is 17.6 Å². The van der Waals surface area contributed by atoms with Crippen molar-refractivity contribution in [2.45, 2.75) is 10.8 Å². The molecule has 1 saturated heterocycles. The van der Waals surface area contributed by atoms with Crippen LogP contribution in [0.1, 0.15) is 0 Å². The zero-order chi connectivity index (χ0) is 9.80. The van der Waals surface area contributed by atoms with Gasteiger partial charge in [-0.3, -0.25) is 9.59 Å². The molecule has 4 N–H and O–H groups in total. The molecule has 0 amide bonds. The third kappa shape index (κ3) is 0.986. The molecule has 4 atom stereocenters. The first kappa shape index (κ1) is 8.83. The molecule has 1 heterocycles. The van der Waals surface area contributed by atoms with Crippen molar-refractivity contribution in [1.82, 2.24) is 0 Å². The van der Waals surface area contributed by atoms with Crippen molar-refractivity contribution in [2.75, 3.05) is 5.75 Å². The van der Waals surface area contributed by atoms with E-state index in [1.807, 2.05) is 0 Å². The molecule has 2 fully saturated rings. The molecule has 2 aliphatic rings. The third-order valence-electron chi connectivity index (χ3n) is 2.75. The molecule has 0 radical (unpaired) electrons. The van der Waals surface area contributed by atoms with E-state index in [0.717, 1.165) is 0 Å². The van der Waals surface area contributed by atoms with Gasteiger partial charge in [0.2, 0.25) is 0 Å². The van der Waals surface area contributed by atoms with Crippen molar-refractivity contribution < 1.29 is 19.8 Å². The van der Waals surface area contributed by atoms with Gasteiger partial charge in [-0.1, -0.05) is 0 Å². The Hall–Kier alpha value is -0.750.